The summed E-state index contributed by atoms with van der Waals surface area (Å²) in [6.07, 6.45) is 0.489. The van der Waals surface area contributed by atoms with Gasteiger partial charge in [-0.2, -0.15) is 0 Å². The number of nitrogens with one attached hydrogen (secondary N) is 1. The number of hydrogen-bond donors (Lipinski definition) is 1. The standard InChI is InChI=1S/C16H15N3O4S/c1-10-12(17-8-11-7-16(19(22)23)24-9-11)3-2-4-13(10)18-14(20)5-6-15(18)21/h2-4,7,9,17H,5-6,8H2,1H3. The maximum Gasteiger partial charge on any atom is 0.324 e. The minimum Gasteiger partial charge on any atom is -0.381 e. The molecule has 7 nitrogen and oxygen atoms in total. The van der Waals surface area contributed by atoms with Crippen LogP contribution in [0.1, 0.15) is 24.0 Å². The normalized spacial score (nSPS) is 14.3. The molecule has 0 atom stereocenters. The molecule has 2 heterocycles. The van der Waals surface area contributed by atoms with Crippen LogP contribution in [0.5, 0.6) is 0 Å². The Bertz CT molecular complexity index is 814. The van der Waals surface area contributed by atoms with Gasteiger partial charge in [0.15, 0.2) is 0 Å². The smallest absolute Gasteiger partial charge is 0.324 e. The number of benzene rings is 1. The van der Waals surface area contributed by atoms with Gasteiger partial charge in [0, 0.05) is 36.5 Å². The van der Waals surface area contributed by atoms with Crippen LogP contribution in [-0.2, 0) is 16.1 Å². The third kappa shape index (κ3) is 3.00. The lowest BCUT2D eigenvalue weighted by molar-refractivity contribution is -0.380. The highest BCUT2D eigenvalue weighted by Gasteiger charge is 2.31. The van der Waals surface area contributed by atoms with Gasteiger partial charge in [-0.15, -0.1) is 0 Å². The van der Waals surface area contributed by atoms with Crippen molar-refractivity contribution >= 4 is 39.5 Å². The molecule has 2 amide bonds. The van der Waals surface area contributed by atoms with E-state index in [0.29, 0.717) is 12.2 Å². The quantitative estimate of drug-likeness (QED) is 0.510. The molecule has 1 aromatic heterocycles. The van der Waals surface area contributed by atoms with Crippen LogP contribution in [0.4, 0.5) is 16.4 Å². The fraction of sp³-hybridized carbons (Fsp3) is 0.250. The van der Waals surface area contributed by atoms with E-state index in [4.69, 9.17) is 0 Å². The van der Waals surface area contributed by atoms with E-state index in [0.717, 1.165) is 28.2 Å². The third-order valence-corrected chi connectivity index (χ3v) is 4.83. The lowest BCUT2D eigenvalue weighted by atomic mass is 10.1. The van der Waals surface area contributed by atoms with Crippen molar-refractivity contribution in [1.29, 1.82) is 0 Å². The number of hydrogen-bond acceptors (Lipinski definition) is 6. The second-order valence-corrected chi connectivity index (χ2v) is 6.37. The summed E-state index contributed by atoms with van der Waals surface area (Å²) >= 11 is 1.08. The van der Waals surface area contributed by atoms with Crippen molar-refractivity contribution in [2.24, 2.45) is 0 Å². The second kappa shape index (κ2) is 6.40. The van der Waals surface area contributed by atoms with Crippen LogP contribution in [0.15, 0.2) is 29.6 Å². The zero-order valence-corrected chi connectivity index (χ0v) is 13.8. The highest BCUT2D eigenvalue weighted by molar-refractivity contribution is 7.13. The van der Waals surface area contributed by atoms with E-state index < -0.39 is 4.92 Å². The summed E-state index contributed by atoms with van der Waals surface area (Å²) in [7, 11) is 0. The average Bonchev–Trinajstić information content (AvgIpc) is 3.14. The average molecular weight is 345 g/mol. The van der Waals surface area contributed by atoms with Gasteiger partial charge in [0.1, 0.15) is 0 Å². The molecule has 8 heteroatoms. The number of nitro groups is 1. The fourth-order valence-electron chi connectivity index (χ4n) is 2.65. The lowest BCUT2D eigenvalue weighted by Gasteiger charge is -2.19. The zero-order valence-electron chi connectivity index (χ0n) is 12.9. The van der Waals surface area contributed by atoms with Crippen LogP contribution in [0, 0.1) is 17.0 Å². The van der Waals surface area contributed by atoms with Gasteiger partial charge in [-0.1, -0.05) is 17.4 Å². The second-order valence-electron chi connectivity index (χ2n) is 5.48. The van der Waals surface area contributed by atoms with Crippen LogP contribution in [0.2, 0.25) is 0 Å². The Labute approximate surface area is 142 Å². The number of rotatable bonds is 5. The van der Waals surface area contributed by atoms with E-state index in [1.165, 1.54) is 11.0 Å². The molecule has 1 fully saturated rings. The molecule has 0 bridgehead atoms. The van der Waals surface area contributed by atoms with Gasteiger partial charge in [0.05, 0.1) is 10.6 Å². The van der Waals surface area contributed by atoms with Crippen LogP contribution in [0.25, 0.3) is 0 Å². The Morgan fingerprint density at radius 3 is 2.62 bits per heavy atom. The van der Waals surface area contributed by atoms with Crippen LogP contribution < -0.4 is 10.2 Å². The van der Waals surface area contributed by atoms with Crippen molar-refractivity contribution in [1.82, 2.24) is 0 Å². The summed E-state index contributed by atoms with van der Waals surface area (Å²) in [4.78, 5) is 35.4. The number of carbonyl (C=O) groups excluding carboxylic acids is 2. The van der Waals surface area contributed by atoms with Gasteiger partial charge in [-0.25, -0.2) is 0 Å². The third-order valence-electron chi connectivity index (χ3n) is 3.90. The molecule has 0 aliphatic carbocycles. The summed E-state index contributed by atoms with van der Waals surface area (Å²) in [5, 5.41) is 15.8. The molecule has 1 saturated heterocycles. The molecule has 0 spiro atoms. The SMILES string of the molecule is Cc1c(NCc2csc([N+](=O)[O-])c2)cccc1N1C(=O)CCC1=O. The van der Waals surface area contributed by atoms with Gasteiger partial charge in [-0.05, 0) is 30.2 Å². The molecule has 124 valence electrons. The lowest BCUT2D eigenvalue weighted by Crippen LogP contribution is -2.29. The predicted molar refractivity (Wildman–Crippen MR) is 91.2 cm³/mol. The summed E-state index contributed by atoms with van der Waals surface area (Å²) in [6, 6.07) is 6.91. The first-order valence-corrected chi connectivity index (χ1v) is 8.26. The van der Waals surface area contributed by atoms with Crippen molar-refractivity contribution in [3.05, 3.63) is 50.9 Å². The highest BCUT2D eigenvalue weighted by Crippen LogP contribution is 2.31. The molecule has 3 rings (SSSR count). The molecular formula is C16H15N3O4S. The van der Waals surface area contributed by atoms with E-state index >= 15 is 0 Å². The molecule has 1 aromatic carbocycles. The molecule has 24 heavy (non-hydrogen) atoms. The first-order chi connectivity index (χ1) is 11.5. The molecule has 1 aliphatic heterocycles. The number of imide groups is 1. The minimum absolute atomic E-state index is 0.102. The Balaban J connectivity index is 1.79. The van der Waals surface area contributed by atoms with Crippen molar-refractivity contribution in [3.63, 3.8) is 0 Å². The molecule has 2 aromatic rings. The van der Waals surface area contributed by atoms with Gasteiger partial charge in [0.2, 0.25) is 11.8 Å². The van der Waals surface area contributed by atoms with Gasteiger partial charge < -0.3 is 5.32 Å². The van der Waals surface area contributed by atoms with Gasteiger partial charge in [0.25, 0.3) is 0 Å². The number of anilines is 2. The number of carbonyl (C=O) groups is 2. The summed E-state index contributed by atoms with van der Waals surface area (Å²) in [5.41, 5.74) is 2.98. The first kappa shape index (κ1) is 16.1. The molecular weight excluding hydrogens is 330 g/mol. The highest BCUT2D eigenvalue weighted by atomic mass is 32.1. The molecule has 0 unspecified atom stereocenters. The summed E-state index contributed by atoms with van der Waals surface area (Å²) < 4.78 is 0. The van der Waals surface area contributed by atoms with Crippen molar-refractivity contribution in [3.8, 4) is 0 Å². The summed E-state index contributed by atoms with van der Waals surface area (Å²) in [5.74, 6) is -0.373. The van der Waals surface area contributed by atoms with E-state index in [1.807, 2.05) is 13.0 Å². The Morgan fingerprint density at radius 2 is 2.00 bits per heavy atom. The Morgan fingerprint density at radius 1 is 1.29 bits per heavy atom. The van der Waals surface area contributed by atoms with Crippen LogP contribution >= 0.6 is 11.3 Å². The van der Waals surface area contributed by atoms with Crippen molar-refractivity contribution in [2.75, 3.05) is 10.2 Å². The van der Waals surface area contributed by atoms with Gasteiger partial charge >= 0.3 is 5.00 Å². The molecule has 0 radical (unpaired) electrons. The minimum atomic E-state index is -0.412. The predicted octanol–water partition coefficient (Wildman–Crippen LogP) is 3.23. The zero-order chi connectivity index (χ0) is 17.3. The van der Waals surface area contributed by atoms with Gasteiger partial charge in [-0.3, -0.25) is 24.6 Å². The monoisotopic (exact) mass is 345 g/mol. The topological polar surface area (TPSA) is 92.6 Å². The number of amides is 2. The maximum absolute atomic E-state index is 11.9. The number of thiophene rings is 1. The van der Waals surface area contributed by atoms with Crippen LogP contribution in [0.3, 0.4) is 0 Å². The Kier molecular flexibility index (Phi) is 4.30. The van der Waals surface area contributed by atoms with Crippen molar-refractivity contribution < 1.29 is 14.5 Å². The fourth-order valence-corrected chi connectivity index (χ4v) is 3.38. The van der Waals surface area contributed by atoms with E-state index in [9.17, 15) is 19.7 Å². The van der Waals surface area contributed by atoms with E-state index in [2.05, 4.69) is 5.32 Å². The Hall–Kier alpha value is -2.74. The van der Waals surface area contributed by atoms with E-state index in [-0.39, 0.29) is 29.7 Å². The van der Waals surface area contributed by atoms with E-state index in [1.54, 1.807) is 17.5 Å². The largest absolute Gasteiger partial charge is 0.381 e. The first-order valence-electron chi connectivity index (χ1n) is 7.38. The maximum atomic E-state index is 11.9. The summed E-state index contributed by atoms with van der Waals surface area (Å²) in [6.45, 7) is 2.27. The molecule has 1 N–H and O–H groups in total. The van der Waals surface area contributed by atoms with Crippen LogP contribution in [-0.4, -0.2) is 16.7 Å². The van der Waals surface area contributed by atoms with Crippen molar-refractivity contribution in [2.45, 2.75) is 26.3 Å². The molecule has 0 saturated carbocycles. The number of nitrogens with zero attached hydrogens (tertiary/aromatic N) is 2. The molecule has 1 aliphatic rings.